The van der Waals surface area contributed by atoms with Crippen LogP contribution in [-0.4, -0.2) is 17.0 Å². The normalized spacial score (nSPS) is 15.0. The minimum atomic E-state index is 0.161. The third-order valence-electron chi connectivity index (χ3n) is 4.13. The van der Waals surface area contributed by atoms with Crippen LogP contribution >= 0.6 is 0 Å². The minimum absolute atomic E-state index is 0.161. The second-order valence-electron chi connectivity index (χ2n) is 5.73. The van der Waals surface area contributed by atoms with Crippen LogP contribution in [-0.2, 0) is 11.3 Å². The summed E-state index contributed by atoms with van der Waals surface area (Å²) in [6.45, 7) is 5.73. The summed E-state index contributed by atoms with van der Waals surface area (Å²) in [5.74, 6) is 0.161. The molecule has 2 rings (SSSR count). The zero-order valence-electron chi connectivity index (χ0n) is 12.7. The smallest absolute Gasteiger partial charge is 0.221 e. The van der Waals surface area contributed by atoms with Crippen LogP contribution in [0.4, 0.5) is 0 Å². The molecule has 0 radical (unpaired) electrons. The molecule has 110 valence electrons. The maximum absolute atomic E-state index is 11.9. The lowest BCUT2D eigenvalue weighted by atomic mass is 9.97. The van der Waals surface area contributed by atoms with Gasteiger partial charge in [0, 0.05) is 30.9 Å². The number of carbonyl (C=O) groups is 1. The number of carbonyl (C=O) groups excluding carboxylic acids is 1. The van der Waals surface area contributed by atoms with Crippen molar-refractivity contribution in [2.45, 2.75) is 58.9 Å². The highest BCUT2D eigenvalue weighted by Crippen LogP contribution is 2.19. The molecule has 0 atom stereocenters. The average molecular weight is 274 g/mol. The number of hydrogen-bond donors (Lipinski definition) is 1. The van der Waals surface area contributed by atoms with Crippen LogP contribution in [0.15, 0.2) is 23.8 Å². The van der Waals surface area contributed by atoms with Gasteiger partial charge in [-0.3, -0.25) is 4.79 Å². The molecule has 0 aliphatic heterocycles. The van der Waals surface area contributed by atoms with Gasteiger partial charge in [0.15, 0.2) is 0 Å². The highest BCUT2D eigenvalue weighted by atomic mass is 16.1. The molecule has 0 saturated heterocycles. The molecule has 0 bridgehead atoms. The number of aryl methyl sites for hydroxylation is 2. The number of aromatic nitrogens is 1. The van der Waals surface area contributed by atoms with Crippen LogP contribution in [0.1, 0.15) is 49.9 Å². The van der Waals surface area contributed by atoms with Gasteiger partial charge in [-0.05, 0) is 58.1 Å². The molecular formula is C17H26N2O. The largest absolute Gasteiger partial charge is 0.356 e. The van der Waals surface area contributed by atoms with Crippen molar-refractivity contribution in [3.63, 3.8) is 0 Å². The summed E-state index contributed by atoms with van der Waals surface area (Å²) in [6.07, 6.45) is 9.01. The van der Waals surface area contributed by atoms with Gasteiger partial charge in [-0.25, -0.2) is 0 Å². The summed E-state index contributed by atoms with van der Waals surface area (Å²) in [7, 11) is 0. The van der Waals surface area contributed by atoms with E-state index < -0.39 is 0 Å². The molecule has 1 aliphatic rings. The van der Waals surface area contributed by atoms with Gasteiger partial charge < -0.3 is 9.88 Å². The van der Waals surface area contributed by atoms with Crippen LogP contribution < -0.4 is 5.32 Å². The van der Waals surface area contributed by atoms with E-state index in [0.717, 1.165) is 19.5 Å². The van der Waals surface area contributed by atoms with Crippen molar-refractivity contribution in [3.05, 3.63) is 35.2 Å². The van der Waals surface area contributed by atoms with Crippen LogP contribution in [0, 0.1) is 13.8 Å². The fourth-order valence-electron chi connectivity index (χ4n) is 2.85. The number of allylic oxidation sites excluding steroid dienone is 1. The average Bonchev–Trinajstić information content (AvgIpc) is 2.77. The lowest BCUT2D eigenvalue weighted by Gasteiger charge is -2.13. The summed E-state index contributed by atoms with van der Waals surface area (Å²) < 4.78 is 2.20. The molecule has 0 aromatic carbocycles. The fourth-order valence-corrected chi connectivity index (χ4v) is 2.85. The molecule has 3 nitrogen and oxygen atoms in total. The molecule has 0 spiro atoms. The Bertz CT molecular complexity index is 466. The summed E-state index contributed by atoms with van der Waals surface area (Å²) in [5.41, 5.74) is 3.97. The van der Waals surface area contributed by atoms with Crippen molar-refractivity contribution >= 4 is 5.91 Å². The van der Waals surface area contributed by atoms with Crippen molar-refractivity contribution in [1.29, 1.82) is 0 Å². The Morgan fingerprint density at radius 2 is 2.00 bits per heavy atom. The zero-order valence-corrected chi connectivity index (χ0v) is 12.7. The van der Waals surface area contributed by atoms with E-state index in [-0.39, 0.29) is 5.91 Å². The van der Waals surface area contributed by atoms with Gasteiger partial charge in [0.2, 0.25) is 5.91 Å². The Morgan fingerprint density at radius 1 is 1.25 bits per heavy atom. The molecule has 1 N–H and O–H groups in total. The van der Waals surface area contributed by atoms with E-state index in [9.17, 15) is 4.79 Å². The molecule has 1 aromatic heterocycles. The Balaban J connectivity index is 1.67. The lowest BCUT2D eigenvalue weighted by molar-refractivity contribution is -0.121. The van der Waals surface area contributed by atoms with E-state index in [4.69, 9.17) is 0 Å². The Hall–Kier alpha value is -1.51. The summed E-state index contributed by atoms with van der Waals surface area (Å²) >= 11 is 0. The first-order valence-electron chi connectivity index (χ1n) is 7.74. The molecule has 1 aliphatic carbocycles. The van der Waals surface area contributed by atoms with Gasteiger partial charge in [0.25, 0.3) is 0 Å². The second-order valence-corrected chi connectivity index (χ2v) is 5.73. The summed E-state index contributed by atoms with van der Waals surface area (Å²) in [5, 5.41) is 3.04. The van der Waals surface area contributed by atoms with Gasteiger partial charge in [-0.1, -0.05) is 11.6 Å². The molecule has 1 heterocycles. The molecular weight excluding hydrogens is 248 g/mol. The van der Waals surface area contributed by atoms with Gasteiger partial charge in [0.1, 0.15) is 0 Å². The van der Waals surface area contributed by atoms with Crippen molar-refractivity contribution in [2.75, 3.05) is 6.54 Å². The van der Waals surface area contributed by atoms with E-state index in [0.29, 0.717) is 6.42 Å². The van der Waals surface area contributed by atoms with Gasteiger partial charge in [-0.2, -0.15) is 0 Å². The zero-order chi connectivity index (χ0) is 14.4. The Kier molecular flexibility index (Phi) is 5.45. The molecule has 0 unspecified atom stereocenters. The number of hydrogen-bond acceptors (Lipinski definition) is 1. The van der Waals surface area contributed by atoms with Gasteiger partial charge >= 0.3 is 0 Å². The number of nitrogens with zero attached hydrogens (tertiary/aromatic N) is 1. The van der Waals surface area contributed by atoms with E-state index in [1.807, 2.05) is 0 Å². The first-order chi connectivity index (χ1) is 9.66. The van der Waals surface area contributed by atoms with Crippen LogP contribution in [0.3, 0.4) is 0 Å². The number of rotatable bonds is 6. The topological polar surface area (TPSA) is 34.0 Å². The van der Waals surface area contributed by atoms with E-state index in [2.05, 4.69) is 41.9 Å². The highest BCUT2D eigenvalue weighted by molar-refractivity contribution is 5.75. The van der Waals surface area contributed by atoms with Crippen molar-refractivity contribution in [3.8, 4) is 0 Å². The predicted octanol–water partition coefficient (Wildman–Crippen LogP) is 3.50. The van der Waals surface area contributed by atoms with Gasteiger partial charge in [-0.15, -0.1) is 0 Å². The fraction of sp³-hybridized carbons (Fsp3) is 0.588. The van der Waals surface area contributed by atoms with E-state index in [1.54, 1.807) is 0 Å². The predicted molar refractivity (Wildman–Crippen MR) is 82.7 cm³/mol. The monoisotopic (exact) mass is 274 g/mol. The molecule has 0 saturated carbocycles. The molecule has 20 heavy (non-hydrogen) atoms. The molecule has 1 amide bonds. The Labute approximate surface area is 122 Å². The van der Waals surface area contributed by atoms with Crippen LogP contribution in [0.25, 0.3) is 0 Å². The third kappa shape index (κ3) is 4.26. The van der Waals surface area contributed by atoms with Crippen molar-refractivity contribution < 1.29 is 4.79 Å². The van der Waals surface area contributed by atoms with E-state index >= 15 is 0 Å². The molecule has 1 aromatic rings. The maximum Gasteiger partial charge on any atom is 0.221 e. The van der Waals surface area contributed by atoms with E-state index in [1.165, 1.54) is 42.6 Å². The second kappa shape index (κ2) is 7.32. The summed E-state index contributed by atoms with van der Waals surface area (Å²) in [4.78, 5) is 11.9. The van der Waals surface area contributed by atoms with Crippen molar-refractivity contribution in [2.24, 2.45) is 0 Å². The molecule has 3 heteroatoms. The number of nitrogens with one attached hydrogen (secondary N) is 1. The third-order valence-corrected chi connectivity index (χ3v) is 4.13. The summed E-state index contributed by atoms with van der Waals surface area (Å²) in [6, 6.07) is 4.20. The standard InChI is InChI=1S/C17H26N2O/c1-14-8-9-15(2)19(14)13-11-17(20)18-12-10-16-6-4-3-5-7-16/h6,8-9H,3-5,7,10-13H2,1-2H3,(H,18,20). The minimum Gasteiger partial charge on any atom is -0.356 e. The SMILES string of the molecule is Cc1ccc(C)n1CCC(=O)NCCC1=CCCCC1. The van der Waals surface area contributed by atoms with Crippen LogP contribution in [0.5, 0.6) is 0 Å². The lowest BCUT2D eigenvalue weighted by Crippen LogP contribution is -2.26. The van der Waals surface area contributed by atoms with Crippen LogP contribution in [0.2, 0.25) is 0 Å². The molecule has 0 fully saturated rings. The highest BCUT2D eigenvalue weighted by Gasteiger charge is 2.07. The quantitative estimate of drug-likeness (QED) is 0.791. The first kappa shape index (κ1) is 14.9. The first-order valence-corrected chi connectivity index (χ1v) is 7.74. The Morgan fingerprint density at radius 3 is 2.65 bits per heavy atom. The van der Waals surface area contributed by atoms with Gasteiger partial charge in [0.05, 0.1) is 0 Å². The maximum atomic E-state index is 11.9. The van der Waals surface area contributed by atoms with Crippen molar-refractivity contribution in [1.82, 2.24) is 9.88 Å². The number of amides is 1.